The Balaban J connectivity index is 1.98. The number of halogens is 1. The number of hydrogen-bond donors (Lipinski definition) is 0. The Morgan fingerprint density at radius 3 is 2.39 bits per heavy atom. The van der Waals surface area contributed by atoms with E-state index in [1.807, 2.05) is 20.8 Å². The lowest BCUT2D eigenvalue weighted by Gasteiger charge is -2.11. The normalized spacial score (nSPS) is 11.6. The Morgan fingerprint density at radius 1 is 1.17 bits per heavy atom. The molecule has 96 valence electrons. The molecule has 0 aliphatic heterocycles. The van der Waals surface area contributed by atoms with E-state index in [0.29, 0.717) is 16.8 Å². The summed E-state index contributed by atoms with van der Waals surface area (Å²) < 4.78 is 11.0. The zero-order valence-corrected chi connectivity index (χ0v) is 11.4. The van der Waals surface area contributed by atoms with E-state index in [1.165, 1.54) is 0 Å². The van der Waals surface area contributed by atoms with Gasteiger partial charge in [-0.15, -0.1) is 10.2 Å². The number of nitrogens with zero attached hydrogens (tertiary/aromatic N) is 2. The van der Waals surface area contributed by atoms with E-state index in [9.17, 15) is 0 Å². The average Bonchev–Trinajstić information content (AvgIpc) is 2.77. The van der Waals surface area contributed by atoms with Crippen LogP contribution in [0.3, 0.4) is 0 Å². The molecule has 0 bridgehead atoms. The highest BCUT2D eigenvalue weighted by atomic mass is 35.5. The summed E-state index contributed by atoms with van der Waals surface area (Å²) in [5, 5.41) is 8.62. The molecular formula is C13H15ClN2O2. The second-order valence-electron chi connectivity index (χ2n) is 4.99. The van der Waals surface area contributed by atoms with Gasteiger partial charge in [0.15, 0.2) is 6.61 Å². The predicted molar refractivity (Wildman–Crippen MR) is 68.8 cm³/mol. The maximum Gasteiger partial charge on any atom is 0.253 e. The standard InChI is InChI=1S/C13H15ClN2O2/c1-13(2,3)12-16-15-11(18-12)8-17-10-6-4-9(14)5-7-10/h4-7H,8H2,1-3H3. The SMILES string of the molecule is CC(C)(C)c1nnc(COc2ccc(Cl)cc2)o1. The maximum absolute atomic E-state index is 5.79. The number of hydrogen-bond acceptors (Lipinski definition) is 4. The van der Waals surface area contributed by atoms with Crippen molar-refractivity contribution in [1.82, 2.24) is 10.2 Å². The minimum Gasteiger partial charge on any atom is -0.484 e. The summed E-state index contributed by atoms with van der Waals surface area (Å²) in [4.78, 5) is 0. The first-order chi connectivity index (χ1) is 8.45. The van der Waals surface area contributed by atoms with E-state index in [1.54, 1.807) is 24.3 Å². The van der Waals surface area contributed by atoms with Gasteiger partial charge in [-0.05, 0) is 24.3 Å². The fourth-order valence-corrected chi connectivity index (χ4v) is 1.42. The summed E-state index contributed by atoms with van der Waals surface area (Å²) in [5.41, 5.74) is -0.147. The van der Waals surface area contributed by atoms with Gasteiger partial charge in [0.25, 0.3) is 5.89 Å². The molecule has 0 radical (unpaired) electrons. The van der Waals surface area contributed by atoms with Crippen LogP contribution in [0.1, 0.15) is 32.6 Å². The number of aromatic nitrogens is 2. The average molecular weight is 267 g/mol. The van der Waals surface area contributed by atoms with Crippen molar-refractivity contribution >= 4 is 11.6 Å². The fraction of sp³-hybridized carbons (Fsp3) is 0.385. The van der Waals surface area contributed by atoms with Gasteiger partial charge < -0.3 is 9.15 Å². The summed E-state index contributed by atoms with van der Waals surface area (Å²) in [7, 11) is 0. The molecule has 0 saturated heterocycles. The Morgan fingerprint density at radius 2 is 1.83 bits per heavy atom. The number of ether oxygens (including phenoxy) is 1. The van der Waals surface area contributed by atoms with Crippen LogP contribution < -0.4 is 4.74 Å². The van der Waals surface area contributed by atoms with Crippen molar-refractivity contribution in [1.29, 1.82) is 0 Å². The molecule has 18 heavy (non-hydrogen) atoms. The lowest BCUT2D eigenvalue weighted by Crippen LogP contribution is -2.11. The van der Waals surface area contributed by atoms with Crippen molar-refractivity contribution < 1.29 is 9.15 Å². The summed E-state index contributed by atoms with van der Waals surface area (Å²) in [6.07, 6.45) is 0. The van der Waals surface area contributed by atoms with Gasteiger partial charge in [0, 0.05) is 10.4 Å². The van der Waals surface area contributed by atoms with Gasteiger partial charge in [-0.1, -0.05) is 32.4 Å². The van der Waals surface area contributed by atoms with Crippen molar-refractivity contribution in [2.24, 2.45) is 0 Å². The van der Waals surface area contributed by atoms with Gasteiger partial charge in [0.05, 0.1) is 0 Å². The molecule has 0 aliphatic rings. The van der Waals surface area contributed by atoms with Crippen LogP contribution in [0.15, 0.2) is 28.7 Å². The molecule has 0 saturated carbocycles. The summed E-state index contributed by atoms with van der Waals surface area (Å²) in [6.45, 7) is 6.31. The van der Waals surface area contributed by atoms with Gasteiger partial charge in [0.1, 0.15) is 5.75 Å². The lowest BCUT2D eigenvalue weighted by atomic mass is 9.97. The monoisotopic (exact) mass is 266 g/mol. The highest BCUT2D eigenvalue weighted by molar-refractivity contribution is 6.30. The molecule has 0 atom stereocenters. The van der Waals surface area contributed by atoms with Crippen LogP contribution in [0.25, 0.3) is 0 Å². The largest absolute Gasteiger partial charge is 0.484 e. The van der Waals surface area contributed by atoms with Crippen molar-refractivity contribution in [2.45, 2.75) is 32.8 Å². The van der Waals surface area contributed by atoms with Crippen molar-refractivity contribution in [3.63, 3.8) is 0 Å². The Bertz CT molecular complexity index is 515. The zero-order valence-electron chi connectivity index (χ0n) is 10.6. The van der Waals surface area contributed by atoms with Gasteiger partial charge in [-0.25, -0.2) is 0 Å². The van der Waals surface area contributed by atoms with Crippen LogP contribution in [-0.2, 0) is 12.0 Å². The smallest absolute Gasteiger partial charge is 0.253 e. The van der Waals surface area contributed by atoms with Crippen LogP contribution in [0.2, 0.25) is 5.02 Å². The van der Waals surface area contributed by atoms with E-state index < -0.39 is 0 Å². The van der Waals surface area contributed by atoms with Gasteiger partial charge >= 0.3 is 0 Å². The Labute approximate surface area is 111 Å². The summed E-state index contributed by atoms with van der Waals surface area (Å²) in [5.74, 6) is 1.79. The molecule has 4 nitrogen and oxygen atoms in total. The molecule has 1 heterocycles. The minimum atomic E-state index is -0.147. The topological polar surface area (TPSA) is 48.2 Å². The molecule has 5 heteroatoms. The number of benzene rings is 1. The van der Waals surface area contributed by atoms with E-state index >= 15 is 0 Å². The maximum atomic E-state index is 5.79. The molecule has 0 N–H and O–H groups in total. The van der Waals surface area contributed by atoms with Crippen LogP contribution in [0.4, 0.5) is 0 Å². The molecule has 0 fully saturated rings. The molecule has 0 aliphatic carbocycles. The summed E-state index contributed by atoms with van der Waals surface area (Å²) >= 11 is 5.79. The third-order valence-electron chi connectivity index (χ3n) is 2.28. The van der Waals surface area contributed by atoms with E-state index in [2.05, 4.69) is 10.2 Å². The van der Waals surface area contributed by atoms with Crippen molar-refractivity contribution in [3.05, 3.63) is 41.1 Å². The van der Waals surface area contributed by atoms with E-state index in [4.69, 9.17) is 20.8 Å². The quantitative estimate of drug-likeness (QED) is 0.852. The van der Waals surface area contributed by atoms with Gasteiger partial charge in [0.2, 0.25) is 5.89 Å². The molecule has 2 aromatic rings. The molecular weight excluding hydrogens is 252 g/mol. The molecule has 0 spiro atoms. The highest BCUT2D eigenvalue weighted by Crippen LogP contribution is 2.21. The summed E-state index contributed by atoms with van der Waals surface area (Å²) in [6, 6.07) is 7.13. The minimum absolute atomic E-state index is 0.147. The van der Waals surface area contributed by atoms with Crippen molar-refractivity contribution in [2.75, 3.05) is 0 Å². The third-order valence-corrected chi connectivity index (χ3v) is 2.54. The molecule has 0 amide bonds. The van der Waals surface area contributed by atoms with Gasteiger partial charge in [-0.3, -0.25) is 0 Å². The second kappa shape index (κ2) is 4.98. The first-order valence-corrected chi connectivity index (χ1v) is 6.04. The first-order valence-electron chi connectivity index (χ1n) is 5.66. The van der Waals surface area contributed by atoms with Crippen LogP contribution in [0.5, 0.6) is 5.75 Å². The van der Waals surface area contributed by atoms with Gasteiger partial charge in [-0.2, -0.15) is 0 Å². The van der Waals surface area contributed by atoms with Crippen LogP contribution >= 0.6 is 11.6 Å². The zero-order chi connectivity index (χ0) is 13.2. The molecule has 0 unspecified atom stereocenters. The first kappa shape index (κ1) is 12.9. The Hall–Kier alpha value is -1.55. The van der Waals surface area contributed by atoms with E-state index in [-0.39, 0.29) is 12.0 Å². The Kier molecular flexibility index (Phi) is 3.57. The van der Waals surface area contributed by atoms with Crippen LogP contribution in [-0.4, -0.2) is 10.2 Å². The van der Waals surface area contributed by atoms with Crippen LogP contribution in [0, 0.1) is 0 Å². The predicted octanol–water partition coefficient (Wildman–Crippen LogP) is 3.60. The molecule has 2 rings (SSSR count). The molecule has 1 aromatic heterocycles. The second-order valence-corrected chi connectivity index (χ2v) is 5.43. The van der Waals surface area contributed by atoms with Crippen molar-refractivity contribution in [3.8, 4) is 5.75 Å². The highest BCUT2D eigenvalue weighted by Gasteiger charge is 2.21. The third kappa shape index (κ3) is 3.23. The van der Waals surface area contributed by atoms with E-state index in [0.717, 1.165) is 5.75 Å². The lowest BCUT2D eigenvalue weighted by molar-refractivity contribution is 0.251. The number of rotatable bonds is 3. The fourth-order valence-electron chi connectivity index (χ4n) is 1.29. The molecule has 1 aromatic carbocycles.